The van der Waals surface area contributed by atoms with Gasteiger partial charge in [-0.05, 0) is 24.2 Å². The second-order valence-electron chi connectivity index (χ2n) is 4.79. The lowest BCUT2D eigenvalue weighted by molar-refractivity contribution is -0.115. The quantitative estimate of drug-likeness (QED) is 0.863. The van der Waals surface area contributed by atoms with E-state index >= 15 is 0 Å². The molecule has 5 heteroatoms. The summed E-state index contributed by atoms with van der Waals surface area (Å²) in [5, 5.41) is 2.84. The fourth-order valence-corrected chi connectivity index (χ4v) is 2.50. The van der Waals surface area contributed by atoms with Gasteiger partial charge in [0.05, 0.1) is 18.4 Å². The molecule has 1 aliphatic rings. The highest BCUT2D eigenvalue weighted by atomic mass is 16.1. The zero-order valence-corrected chi connectivity index (χ0v) is 10.8. The number of nitrogens with zero attached hydrogens (tertiary/aromatic N) is 2. The monoisotopic (exact) mass is 256 g/mol. The number of anilines is 1. The van der Waals surface area contributed by atoms with E-state index in [2.05, 4.69) is 10.3 Å². The van der Waals surface area contributed by atoms with Gasteiger partial charge in [-0.25, -0.2) is 4.98 Å². The molecule has 0 spiro atoms. The fraction of sp³-hybridized carbons (Fsp3) is 0.286. The Morgan fingerprint density at radius 3 is 3.11 bits per heavy atom. The molecule has 19 heavy (non-hydrogen) atoms. The largest absolute Gasteiger partial charge is 0.337 e. The highest BCUT2D eigenvalue weighted by Gasteiger charge is 2.19. The zero-order chi connectivity index (χ0) is 13.4. The van der Waals surface area contributed by atoms with Crippen LogP contribution in [0.5, 0.6) is 0 Å². The first-order chi connectivity index (χ1) is 9.19. The molecule has 1 aliphatic heterocycles. The van der Waals surface area contributed by atoms with Crippen molar-refractivity contribution in [1.82, 2.24) is 9.55 Å². The van der Waals surface area contributed by atoms with Crippen LogP contribution >= 0.6 is 0 Å². The Labute approximate surface area is 111 Å². The van der Waals surface area contributed by atoms with Crippen molar-refractivity contribution in [1.29, 1.82) is 0 Å². The Morgan fingerprint density at radius 2 is 2.32 bits per heavy atom. The number of aryl methyl sites for hydroxylation is 1. The molecule has 0 saturated carbocycles. The molecule has 3 N–H and O–H groups in total. The van der Waals surface area contributed by atoms with Gasteiger partial charge in [0.15, 0.2) is 0 Å². The molecule has 5 nitrogen and oxygen atoms in total. The van der Waals surface area contributed by atoms with Crippen LogP contribution in [0.2, 0.25) is 0 Å². The van der Waals surface area contributed by atoms with Gasteiger partial charge in [0.25, 0.3) is 0 Å². The minimum absolute atomic E-state index is 0.0513. The molecule has 0 atom stereocenters. The van der Waals surface area contributed by atoms with Crippen LogP contribution in [-0.4, -0.2) is 22.0 Å². The summed E-state index contributed by atoms with van der Waals surface area (Å²) in [5.41, 5.74) is 10.7. The number of fused-ring (bicyclic) bond motifs is 1. The number of benzene rings is 1. The molecule has 0 radical (unpaired) electrons. The van der Waals surface area contributed by atoms with E-state index in [1.807, 2.05) is 29.8 Å². The van der Waals surface area contributed by atoms with Crippen molar-refractivity contribution in [2.75, 3.05) is 11.9 Å². The Morgan fingerprint density at radius 1 is 1.47 bits per heavy atom. The van der Waals surface area contributed by atoms with Gasteiger partial charge in [-0.1, -0.05) is 6.07 Å². The number of imidazole rings is 1. The number of nitrogens with two attached hydrogens (primary N) is 1. The third kappa shape index (κ3) is 2.02. The van der Waals surface area contributed by atoms with Gasteiger partial charge in [-0.3, -0.25) is 4.79 Å². The number of carbonyl (C=O) groups excluding carboxylic acids is 1. The third-order valence-corrected chi connectivity index (χ3v) is 3.44. The molecule has 3 rings (SSSR count). The first-order valence-electron chi connectivity index (χ1n) is 6.32. The van der Waals surface area contributed by atoms with E-state index in [9.17, 15) is 4.79 Å². The van der Waals surface area contributed by atoms with Crippen molar-refractivity contribution >= 4 is 11.6 Å². The average molecular weight is 256 g/mol. The van der Waals surface area contributed by atoms with Crippen molar-refractivity contribution in [2.24, 2.45) is 12.8 Å². The van der Waals surface area contributed by atoms with Crippen molar-refractivity contribution in [3.8, 4) is 11.3 Å². The van der Waals surface area contributed by atoms with Crippen LogP contribution < -0.4 is 11.1 Å². The van der Waals surface area contributed by atoms with Crippen molar-refractivity contribution in [3.05, 3.63) is 35.8 Å². The maximum Gasteiger partial charge on any atom is 0.228 e. The molecule has 2 aromatic rings. The van der Waals surface area contributed by atoms with Gasteiger partial charge < -0.3 is 15.6 Å². The molecular formula is C14H16N4O. The van der Waals surface area contributed by atoms with Gasteiger partial charge in [0.1, 0.15) is 0 Å². The van der Waals surface area contributed by atoms with Crippen LogP contribution in [0.15, 0.2) is 24.5 Å². The Bertz CT molecular complexity index is 645. The summed E-state index contributed by atoms with van der Waals surface area (Å²) in [6.45, 7) is 0.595. The smallest absolute Gasteiger partial charge is 0.228 e. The summed E-state index contributed by atoms with van der Waals surface area (Å²) in [4.78, 5) is 15.8. The third-order valence-electron chi connectivity index (χ3n) is 3.44. The van der Waals surface area contributed by atoms with Crippen LogP contribution in [0.1, 0.15) is 11.3 Å². The second kappa shape index (κ2) is 4.51. The lowest BCUT2D eigenvalue weighted by Crippen LogP contribution is -2.07. The maximum atomic E-state index is 11.4. The van der Waals surface area contributed by atoms with Crippen LogP contribution in [0.3, 0.4) is 0 Å². The summed E-state index contributed by atoms with van der Waals surface area (Å²) in [7, 11) is 1.97. The predicted octanol–water partition coefficient (Wildman–Crippen LogP) is 1.08. The Balaban J connectivity index is 2.04. The number of amides is 1. The number of hydrogen-bond donors (Lipinski definition) is 2. The normalized spacial score (nSPS) is 13.5. The second-order valence-corrected chi connectivity index (χ2v) is 4.79. The molecule has 1 aromatic heterocycles. The van der Waals surface area contributed by atoms with Gasteiger partial charge in [0.2, 0.25) is 5.91 Å². The highest BCUT2D eigenvalue weighted by molar-refractivity contribution is 5.99. The van der Waals surface area contributed by atoms with E-state index in [0.717, 1.165) is 34.6 Å². The molecule has 1 amide bonds. The van der Waals surface area contributed by atoms with Crippen molar-refractivity contribution in [2.45, 2.75) is 12.8 Å². The van der Waals surface area contributed by atoms with E-state index in [4.69, 9.17) is 5.73 Å². The van der Waals surface area contributed by atoms with E-state index in [-0.39, 0.29) is 5.91 Å². The van der Waals surface area contributed by atoms with Crippen LogP contribution in [0.25, 0.3) is 11.3 Å². The summed E-state index contributed by atoms with van der Waals surface area (Å²) < 4.78 is 2.00. The minimum Gasteiger partial charge on any atom is -0.337 e. The summed E-state index contributed by atoms with van der Waals surface area (Å²) in [6.07, 6.45) is 3.04. The summed E-state index contributed by atoms with van der Waals surface area (Å²) >= 11 is 0. The number of nitrogens with one attached hydrogen (secondary N) is 1. The SMILES string of the molecule is Cn1cnc(-c2ccc3c(c2)CC(=O)N3)c1CCN. The first-order valence-corrected chi connectivity index (χ1v) is 6.32. The van der Waals surface area contributed by atoms with Crippen LogP contribution in [0.4, 0.5) is 5.69 Å². The van der Waals surface area contributed by atoms with Gasteiger partial charge in [0, 0.05) is 30.4 Å². The molecule has 0 saturated heterocycles. The molecule has 98 valence electrons. The molecule has 1 aromatic carbocycles. The zero-order valence-electron chi connectivity index (χ0n) is 10.8. The maximum absolute atomic E-state index is 11.4. The van der Waals surface area contributed by atoms with E-state index in [1.54, 1.807) is 6.33 Å². The number of aromatic nitrogens is 2. The van der Waals surface area contributed by atoms with Gasteiger partial charge >= 0.3 is 0 Å². The van der Waals surface area contributed by atoms with E-state index < -0.39 is 0 Å². The van der Waals surface area contributed by atoms with E-state index in [1.165, 1.54) is 0 Å². The molecule has 0 unspecified atom stereocenters. The van der Waals surface area contributed by atoms with Gasteiger partial charge in [-0.2, -0.15) is 0 Å². The highest BCUT2D eigenvalue weighted by Crippen LogP contribution is 2.29. The number of hydrogen-bond acceptors (Lipinski definition) is 3. The molecule has 0 fully saturated rings. The average Bonchev–Trinajstić information content (AvgIpc) is 2.92. The fourth-order valence-electron chi connectivity index (χ4n) is 2.50. The molecule has 0 bridgehead atoms. The summed E-state index contributed by atoms with van der Waals surface area (Å²) in [6, 6.07) is 5.97. The molecule has 2 heterocycles. The first kappa shape index (κ1) is 11.9. The van der Waals surface area contributed by atoms with Crippen molar-refractivity contribution < 1.29 is 4.79 Å². The molecule has 0 aliphatic carbocycles. The van der Waals surface area contributed by atoms with Crippen LogP contribution in [0, 0.1) is 0 Å². The minimum atomic E-state index is 0.0513. The van der Waals surface area contributed by atoms with E-state index in [0.29, 0.717) is 13.0 Å². The lowest BCUT2D eigenvalue weighted by atomic mass is 10.0. The number of rotatable bonds is 3. The van der Waals surface area contributed by atoms with Gasteiger partial charge in [-0.15, -0.1) is 0 Å². The standard InChI is InChI=1S/C14H16N4O/c1-18-8-16-14(12(18)4-5-15)9-2-3-11-10(6-9)7-13(19)17-11/h2-3,6,8H,4-5,7,15H2,1H3,(H,17,19). The topological polar surface area (TPSA) is 72.9 Å². The lowest BCUT2D eigenvalue weighted by Gasteiger charge is -2.06. The van der Waals surface area contributed by atoms with Crippen LogP contribution in [-0.2, 0) is 24.7 Å². The summed E-state index contributed by atoms with van der Waals surface area (Å²) in [5.74, 6) is 0.0513. The van der Waals surface area contributed by atoms with Crippen molar-refractivity contribution in [3.63, 3.8) is 0 Å². The number of carbonyl (C=O) groups is 1. The molecular weight excluding hydrogens is 240 g/mol. The predicted molar refractivity (Wildman–Crippen MR) is 73.7 cm³/mol. The Hall–Kier alpha value is -2.14. The Kier molecular flexibility index (Phi) is 2.83.